The summed E-state index contributed by atoms with van der Waals surface area (Å²) >= 11 is 0. The van der Waals surface area contributed by atoms with Gasteiger partial charge in [0, 0.05) is 12.2 Å². The standard InChI is InChI=1S/C10H14N2.C2H2O4/c1-11-9-6-2-4-8-5-3-7-12-10(8)9;3-1(4)2(5)6/h3,5,7,9,11H,2,4,6H2,1H3;(H,3,4)(H,5,6). The van der Waals surface area contributed by atoms with Crippen LogP contribution >= 0.6 is 0 Å². The summed E-state index contributed by atoms with van der Waals surface area (Å²) < 4.78 is 0. The molecule has 18 heavy (non-hydrogen) atoms. The number of nitrogens with zero attached hydrogens (tertiary/aromatic N) is 1. The molecule has 6 nitrogen and oxygen atoms in total. The summed E-state index contributed by atoms with van der Waals surface area (Å²) in [5, 5.41) is 18.1. The maximum Gasteiger partial charge on any atom is 0.414 e. The summed E-state index contributed by atoms with van der Waals surface area (Å²) in [4.78, 5) is 22.6. The van der Waals surface area contributed by atoms with Crippen LogP contribution in [0.2, 0.25) is 0 Å². The lowest BCUT2D eigenvalue weighted by atomic mass is 9.92. The van der Waals surface area contributed by atoms with E-state index in [0.29, 0.717) is 6.04 Å². The maximum absolute atomic E-state index is 9.10. The summed E-state index contributed by atoms with van der Waals surface area (Å²) in [6, 6.07) is 4.69. The predicted molar refractivity (Wildman–Crippen MR) is 64.2 cm³/mol. The number of rotatable bonds is 1. The highest BCUT2D eigenvalue weighted by atomic mass is 16.4. The first-order valence-corrected chi connectivity index (χ1v) is 5.63. The van der Waals surface area contributed by atoms with E-state index in [1.807, 2.05) is 19.3 Å². The summed E-state index contributed by atoms with van der Waals surface area (Å²) in [7, 11) is 2.01. The van der Waals surface area contributed by atoms with Gasteiger partial charge in [0.15, 0.2) is 0 Å². The lowest BCUT2D eigenvalue weighted by Crippen LogP contribution is -2.22. The van der Waals surface area contributed by atoms with Gasteiger partial charge in [0.2, 0.25) is 0 Å². The van der Waals surface area contributed by atoms with Crippen LogP contribution in [-0.2, 0) is 16.0 Å². The van der Waals surface area contributed by atoms with Crippen molar-refractivity contribution in [2.24, 2.45) is 0 Å². The van der Waals surface area contributed by atoms with Gasteiger partial charge in [0.25, 0.3) is 0 Å². The van der Waals surface area contributed by atoms with Gasteiger partial charge in [-0.2, -0.15) is 0 Å². The molecular formula is C12H16N2O4. The number of pyridine rings is 1. The van der Waals surface area contributed by atoms with Gasteiger partial charge >= 0.3 is 11.9 Å². The summed E-state index contributed by atoms with van der Waals surface area (Å²) in [5.74, 6) is -3.65. The van der Waals surface area contributed by atoms with Crippen LogP contribution in [0.25, 0.3) is 0 Å². The quantitative estimate of drug-likeness (QED) is 0.640. The summed E-state index contributed by atoms with van der Waals surface area (Å²) in [6.07, 6.45) is 5.58. The van der Waals surface area contributed by atoms with Gasteiger partial charge < -0.3 is 15.5 Å². The molecule has 1 atom stereocenters. The molecule has 0 saturated carbocycles. The fraction of sp³-hybridized carbons (Fsp3) is 0.417. The van der Waals surface area contributed by atoms with Crippen molar-refractivity contribution < 1.29 is 19.8 Å². The van der Waals surface area contributed by atoms with Crippen LogP contribution in [0.1, 0.15) is 30.1 Å². The maximum atomic E-state index is 9.10. The Kier molecular flexibility index (Phi) is 5.26. The number of hydrogen-bond acceptors (Lipinski definition) is 4. The molecule has 1 aromatic rings. The first kappa shape index (κ1) is 14.1. The Bertz CT molecular complexity index is 422. The van der Waals surface area contributed by atoms with Crippen molar-refractivity contribution in [2.45, 2.75) is 25.3 Å². The molecule has 98 valence electrons. The van der Waals surface area contributed by atoms with Crippen molar-refractivity contribution in [3.63, 3.8) is 0 Å². The zero-order chi connectivity index (χ0) is 13.5. The van der Waals surface area contributed by atoms with E-state index in [-0.39, 0.29) is 0 Å². The number of hydrogen-bond donors (Lipinski definition) is 3. The van der Waals surface area contributed by atoms with Crippen LogP contribution in [0.4, 0.5) is 0 Å². The fourth-order valence-electron chi connectivity index (χ4n) is 1.89. The van der Waals surface area contributed by atoms with Gasteiger partial charge in [-0.1, -0.05) is 6.07 Å². The topological polar surface area (TPSA) is 99.5 Å². The minimum absolute atomic E-state index is 0.481. The largest absolute Gasteiger partial charge is 0.473 e. The van der Waals surface area contributed by atoms with Crippen molar-refractivity contribution in [1.29, 1.82) is 0 Å². The van der Waals surface area contributed by atoms with Crippen molar-refractivity contribution in [2.75, 3.05) is 7.05 Å². The Morgan fingerprint density at radius 3 is 2.61 bits per heavy atom. The molecule has 0 aromatic carbocycles. The van der Waals surface area contributed by atoms with Gasteiger partial charge in [-0.25, -0.2) is 9.59 Å². The highest BCUT2D eigenvalue weighted by Crippen LogP contribution is 2.26. The predicted octanol–water partition coefficient (Wildman–Crippen LogP) is 0.834. The Balaban J connectivity index is 0.000000232. The lowest BCUT2D eigenvalue weighted by molar-refractivity contribution is -0.159. The van der Waals surface area contributed by atoms with Crippen LogP contribution in [0, 0.1) is 0 Å². The highest BCUT2D eigenvalue weighted by Gasteiger charge is 2.18. The molecule has 0 amide bonds. The number of aryl methyl sites for hydroxylation is 1. The monoisotopic (exact) mass is 252 g/mol. The molecule has 1 aliphatic rings. The van der Waals surface area contributed by atoms with E-state index in [1.165, 1.54) is 30.5 Å². The molecule has 0 saturated heterocycles. The summed E-state index contributed by atoms with van der Waals surface area (Å²) in [5.41, 5.74) is 2.68. The average Bonchev–Trinajstić information content (AvgIpc) is 2.38. The molecular weight excluding hydrogens is 236 g/mol. The molecule has 1 unspecified atom stereocenters. The second-order valence-corrected chi connectivity index (χ2v) is 3.89. The summed E-state index contributed by atoms with van der Waals surface area (Å²) in [6.45, 7) is 0. The van der Waals surface area contributed by atoms with E-state index in [0.717, 1.165) is 0 Å². The smallest absolute Gasteiger partial charge is 0.414 e. The van der Waals surface area contributed by atoms with E-state index in [1.54, 1.807) is 0 Å². The Labute approximate surface area is 105 Å². The van der Waals surface area contributed by atoms with Gasteiger partial charge in [-0.05, 0) is 37.9 Å². The Morgan fingerprint density at radius 2 is 2.06 bits per heavy atom. The van der Waals surface area contributed by atoms with Crippen LogP contribution in [-0.4, -0.2) is 34.2 Å². The van der Waals surface area contributed by atoms with E-state index < -0.39 is 11.9 Å². The second-order valence-electron chi connectivity index (χ2n) is 3.89. The molecule has 0 bridgehead atoms. The third-order valence-corrected chi connectivity index (χ3v) is 2.73. The number of fused-ring (bicyclic) bond motifs is 1. The highest BCUT2D eigenvalue weighted by molar-refractivity contribution is 6.27. The molecule has 1 heterocycles. The number of carboxylic acids is 2. The fourth-order valence-corrected chi connectivity index (χ4v) is 1.89. The number of nitrogens with one attached hydrogen (secondary N) is 1. The van der Waals surface area contributed by atoms with Crippen LogP contribution < -0.4 is 5.32 Å². The van der Waals surface area contributed by atoms with Crippen LogP contribution in [0.5, 0.6) is 0 Å². The Hall–Kier alpha value is -1.95. The first-order chi connectivity index (χ1) is 8.56. The molecule has 0 fully saturated rings. The van der Waals surface area contributed by atoms with Crippen LogP contribution in [0.3, 0.4) is 0 Å². The van der Waals surface area contributed by atoms with E-state index in [2.05, 4.69) is 16.4 Å². The van der Waals surface area contributed by atoms with Crippen molar-refractivity contribution in [1.82, 2.24) is 10.3 Å². The normalized spacial score (nSPS) is 17.1. The van der Waals surface area contributed by atoms with E-state index in [4.69, 9.17) is 19.8 Å². The minimum atomic E-state index is -1.82. The molecule has 3 N–H and O–H groups in total. The van der Waals surface area contributed by atoms with E-state index in [9.17, 15) is 0 Å². The number of carbonyl (C=O) groups is 2. The SMILES string of the molecule is CNC1CCCc2cccnc21.O=C(O)C(=O)O. The average molecular weight is 252 g/mol. The zero-order valence-electron chi connectivity index (χ0n) is 10.1. The Morgan fingerprint density at radius 1 is 1.39 bits per heavy atom. The van der Waals surface area contributed by atoms with E-state index >= 15 is 0 Å². The van der Waals surface area contributed by atoms with Crippen molar-refractivity contribution in [3.8, 4) is 0 Å². The van der Waals surface area contributed by atoms with Crippen LogP contribution in [0.15, 0.2) is 18.3 Å². The van der Waals surface area contributed by atoms with Gasteiger partial charge in [-0.3, -0.25) is 4.98 Å². The van der Waals surface area contributed by atoms with Gasteiger partial charge in [0.1, 0.15) is 0 Å². The van der Waals surface area contributed by atoms with Crippen molar-refractivity contribution >= 4 is 11.9 Å². The molecule has 6 heteroatoms. The third-order valence-electron chi connectivity index (χ3n) is 2.73. The lowest BCUT2D eigenvalue weighted by Gasteiger charge is -2.23. The first-order valence-electron chi connectivity index (χ1n) is 5.63. The number of aliphatic carboxylic acids is 2. The number of carboxylic acid groups (broad SMARTS) is 2. The minimum Gasteiger partial charge on any atom is -0.473 e. The molecule has 0 radical (unpaired) electrons. The second kappa shape index (κ2) is 6.70. The molecule has 0 spiro atoms. The molecule has 1 aromatic heterocycles. The zero-order valence-corrected chi connectivity index (χ0v) is 10.1. The van der Waals surface area contributed by atoms with Gasteiger partial charge in [0.05, 0.1) is 5.69 Å². The van der Waals surface area contributed by atoms with Gasteiger partial charge in [-0.15, -0.1) is 0 Å². The third kappa shape index (κ3) is 3.81. The molecule has 1 aliphatic carbocycles. The number of aromatic nitrogens is 1. The molecule has 2 rings (SSSR count). The molecule has 0 aliphatic heterocycles. The van der Waals surface area contributed by atoms with Crippen molar-refractivity contribution in [3.05, 3.63) is 29.6 Å².